The van der Waals surface area contributed by atoms with Gasteiger partial charge >= 0.3 is 0 Å². The van der Waals surface area contributed by atoms with Crippen molar-refractivity contribution in [2.45, 2.75) is 39.7 Å². The Morgan fingerprint density at radius 3 is 2.55 bits per heavy atom. The number of nitrogens with zero attached hydrogens (tertiary/aromatic N) is 2. The molecule has 170 valence electrons. The molecule has 0 spiro atoms. The van der Waals surface area contributed by atoms with Crippen molar-refractivity contribution < 1.29 is 9.53 Å². The van der Waals surface area contributed by atoms with Crippen LogP contribution in [0, 0.1) is 0 Å². The third kappa shape index (κ3) is 4.96. The molecule has 0 saturated heterocycles. The number of ether oxygens (including phenoxy) is 1. The van der Waals surface area contributed by atoms with Gasteiger partial charge in [0.2, 0.25) is 0 Å². The highest BCUT2D eigenvalue weighted by molar-refractivity contribution is 9.10. The topological polar surface area (TPSA) is 55.6 Å². The Labute approximate surface area is 202 Å². The zero-order valence-electron chi connectivity index (χ0n) is 19.4. The Balaban J connectivity index is 1.41. The van der Waals surface area contributed by atoms with Crippen molar-refractivity contribution in [3.63, 3.8) is 0 Å². The Kier molecular flexibility index (Phi) is 6.56. The molecule has 0 saturated carbocycles. The standard InChI is InChI=1S/C27H28BrN3O2/c1-5-31-23-9-7-6-8-20(23)21-14-18(10-12-24(21)31)16-29-30-26(32)17-33-25-13-11-19(15-22(25)28)27(2,3)4/h6-16H,5,17H2,1-4H3,(H,30,32)/b29-16+. The fraction of sp³-hybridized carbons (Fsp3) is 0.259. The van der Waals surface area contributed by atoms with E-state index in [2.05, 4.69) is 95.1 Å². The summed E-state index contributed by atoms with van der Waals surface area (Å²) < 4.78 is 8.78. The smallest absolute Gasteiger partial charge is 0.277 e. The summed E-state index contributed by atoms with van der Waals surface area (Å²) in [6.45, 7) is 9.40. The summed E-state index contributed by atoms with van der Waals surface area (Å²) in [6, 6.07) is 20.5. The molecule has 0 aliphatic heterocycles. The second-order valence-electron chi connectivity index (χ2n) is 9.02. The molecule has 6 heteroatoms. The van der Waals surface area contributed by atoms with Gasteiger partial charge in [-0.25, -0.2) is 5.43 Å². The number of hydrogen-bond acceptors (Lipinski definition) is 3. The maximum Gasteiger partial charge on any atom is 0.277 e. The third-order valence-corrected chi connectivity index (χ3v) is 6.29. The first-order chi connectivity index (χ1) is 15.8. The van der Waals surface area contributed by atoms with E-state index >= 15 is 0 Å². The summed E-state index contributed by atoms with van der Waals surface area (Å²) in [4.78, 5) is 12.2. The highest BCUT2D eigenvalue weighted by Gasteiger charge is 2.15. The first-order valence-electron chi connectivity index (χ1n) is 11.0. The van der Waals surface area contributed by atoms with Gasteiger partial charge in [0.15, 0.2) is 6.61 Å². The van der Waals surface area contributed by atoms with E-state index in [0.29, 0.717) is 5.75 Å². The van der Waals surface area contributed by atoms with Crippen LogP contribution in [0.2, 0.25) is 0 Å². The van der Waals surface area contributed by atoms with Gasteiger partial charge in [-0.2, -0.15) is 5.10 Å². The van der Waals surface area contributed by atoms with Gasteiger partial charge in [0.1, 0.15) is 5.75 Å². The zero-order valence-corrected chi connectivity index (χ0v) is 20.9. The van der Waals surface area contributed by atoms with E-state index in [4.69, 9.17) is 4.74 Å². The summed E-state index contributed by atoms with van der Waals surface area (Å²) in [5, 5.41) is 6.50. The van der Waals surface area contributed by atoms with Crippen LogP contribution in [-0.4, -0.2) is 23.3 Å². The van der Waals surface area contributed by atoms with Crippen LogP contribution < -0.4 is 10.2 Å². The van der Waals surface area contributed by atoms with Crippen LogP contribution in [0.4, 0.5) is 0 Å². The molecule has 0 atom stereocenters. The van der Waals surface area contributed by atoms with E-state index in [1.807, 2.05) is 24.3 Å². The van der Waals surface area contributed by atoms with E-state index in [1.165, 1.54) is 27.4 Å². The lowest BCUT2D eigenvalue weighted by Crippen LogP contribution is -2.24. The number of carbonyl (C=O) groups is 1. The number of hydrogen-bond donors (Lipinski definition) is 1. The van der Waals surface area contributed by atoms with Gasteiger partial charge in [0.05, 0.1) is 10.7 Å². The van der Waals surface area contributed by atoms with Gasteiger partial charge in [-0.3, -0.25) is 4.79 Å². The number of aryl methyl sites for hydroxylation is 1. The number of nitrogens with one attached hydrogen (secondary N) is 1. The van der Waals surface area contributed by atoms with Crippen LogP contribution in [0.15, 0.2) is 70.2 Å². The Bertz CT molecular complexity index is 1350. The number of amides is 1. The van der Waals surface area contributed by atoms with Crippen LogP contribution in [0.3, 0.4) is 0 Å². The first-order valence-corrected chi connectivity index (χ1v) is 11.8. The van der Waals surface area contributed by atoms with Crippen molar-refractivity contribution in [3.8, 4) is 5.75 Å². The molecule has 0 unspecified atom stereocenters. The number of fused-ring (bicyclic) bond motifs is 3. The monoisotopic (exact) mass is 505 g/mol. The predicted octanol–water partition coefficient (Wildman–Crippen LogP) is 6.40. The number of halogens is 1. The molecule has 33 heavy (non-hydrogen) atoms. The highest BCUT2D eigenvalue weighted by Crippen LogP contribution is 2.31. The van der Waals surface area contributed by atoms with Gasteiger partial charge < -0.3 is 9.30 Å². The number of rotatable bonds is 6. The van der Waals surface area contributed by atoms with Crippen LogP contribution in [0.5, 0.6) is 5.75 Å². The highest BCUT2D eigenvalue weighted by atomic mass is 79.9. The zero-order chi connectivity index (χ0) is 23.6. The molecule has 1 amide bonds. The van der Waals surface area contributed by atoms with Crippen LogP contribution in [-0.2, 0) is 16.8 Å². The molecule has 0 radical (unpaired) electrons. The Morgan fingerprint density at radius 1 is 1.06 bits per heavy atom. The normalized spacial score (nSPS) is 12.0. The van der Waals surface area contributed by atoms with E-state index in [9.17, 15) is 4.79 Å². The minimum atomic E-state index is -0.318. The average Bonchev–Trinajstić information content (AvgIpc) is 3.10. The van der Waals surface area contributed by atoms with Crippen LogP contribution in [0.25, 0.3) is 21.8 Å². The number of aromatic nitrogens is 1. The number of benzene rings is 3. The molecule has 0 bridgehead atoms. The van der Waals surface area contributed by atoms with E-state index in [-0.39, 0.29) is 17.9 Å². The van der Waals surface area contributed by atoms with Gasteiger partial charge in [-0.05, 0) is 69.7 Å². The third-order valence-electron chi connectivity index (χ3n) is 5.67. The molecule has 1 N–H and O–H groups in total. The lowest BCUT2D eigenvalue weighted by Gasteiger charge is -2.20. The van der Waals surface area contributed by atoms with Gasteiger partial charge in [0.25, 0.3) is 5.91 Å². The molecule has 0 aliphatic carbocycles. The summed E-state index contributed by atoms with van der Waals surface area (Å²) in [5.74, 6) is 0.307. The number of carbonyl (C=O) groups excluding carboxylic acids is 1. The SMILES string of the molecule is CCn1c2ccccc2c2cc(/C=N/NC(=O)COc3ccc(C(C)(C)C)cc3Br)ccc21. The Hall–Kier alpha value is -3.12. The maximum absolute atomic E-state index is 12.2. The quantitative estimate of drug-likeness (QED) is 0.243. The fourth-order valence-corrected chi connectivity index (χ4v) is 4.42. The van der Waals surface area contributed by atoms with E-state index < -0.39 is 0 Å². The van der Waals surface area contributed by atoms with Crippen molar-refractivity contribution >= 4 is 49.9 Å². The van der Waals surface area contributed by atoms with Crippen molar-refractivity contribution in [3.05, 3.63) is 76.3 Å². The van der Waals surface area contributed by atoms with Crippen molar-refractivity contribution in [2.75, 3.05) is 6.61 Å². The molecule has 1 aromatic heterocycles. The second-order valence-corrected chi connectivity index (χ2v) is 9.87. The van der Waals surface area contributed by atoms with Gasteiger partial charge in [-0.1, -0.05) is 51.1 Å². The summed E-state index contributed by atoms with van der Waals surface area (Å²) >= 11 is 3.53. The molecular formula is C27H28BrN3O2. The molecule has 4 rings (SSSR count). The summed E-state index contributed by atoms with van der Waals surface area (Å²) in [6.07, 6.45) is 1.66. The second kappa shape index (κ2) is 9.40. The van der Waals surface area contributed by atoms with Gasteiger partial charge in [-0.15, -0.1) is 0 Å². The minimum Gasteiger partial charge on any atom is -0.483 e. The molecule has 3 aromatic carbocycles. The largest absolute Gasteiger partial charge is 0.483 e. The first kappa shape index (κ1) is 23.1. The van der Waals surface area contributed by atoms with Crippen molar-refractivity contribution in [2.24, 2.45) is 5.10 Å². The molecule has 4 aromatic rings. The average molecular weight is 506 g/mol. The number of para-hydroxylation sites is 1. The summed E-state index contributed by atoms with van der Waals surface area (Å²) in [7, 11) is 0. The fourth-order valence-electron chi connectivity index (χ4n) is 3.93. The van der Waals surface area contributed by atoms with Crippen molar-refractivity contribution in [1.82, 2.24) is 9.99 Å². The molecule has 0 aliphatic rings. The van der Waals surface area contributed by atoms with Gasteiger partial charge in [0, 0.05) is 28.4 Å². The predicted molar refractivity (Wildman–Crippen MR) is 139 cm³/mol. The molecule has 1 heterocycles. The number of hydrazone groups is 1. The molecular weight excluding hydrogens is 478 g/mol. The van der Waals surface area contributed by atoms with Crippen LogP contribution in [0.1, 0.15) is 38.8 Å². The lowest BCUT2D eigenvalue weighted by molar-refractivity contribution is -0.123. The lowest BCUT2D eigenvalue weighted by atomic mass is 9.87. The maximum atomic E-state index is 12.2. The molecule has 5 nitrogen and oxygen atoms in total. The minimum absolute atomic E-state index is 0.0433. The van der Waals surface area contributed by atoms with Crippen LogP contribution >= 0.6 is 15.9 Å². The summed E-state index contributed by atoms with van der Waals surface area (Å²) in [5.41, 5.74) is 7.11. The van der Waals surface area contributed by atoms with E-state index in [0.717, 1.165) is 16.6 Å². The van der Waals surface area contributed by atoms with E-state index in [1.54, 1.807) is 6.21 Å². The Morgan fingerprint density at radius 2 is 1.82 bits per heavy atom. The van der Waals surface area contributed by atoms with Crippen molar-refractivity contribution in [1.29, 1.82) is 0 Å². The molecule has 0 fully saturated rings.